The van der Waals surface area contributed by atoms with Crippen molar-refractivity contribution in [2.45, 2.75) is 77.7 Å². The third-order valence-electron chi connectivity index (χ3n) is 3.88. The summed E-state index contributed by atoms with van der Waals surface area (Å²) in [5, 5.41) is 3.53. The first-order valence-corrected chi connectivity index (χ1v) is 8.68. The Labute approximate surface area is 154 Å². The summed E-state index contributed by atoms with van der Waals surface area (Å²) in [6, 6.07) is 10.7. The molecule has 1 nitrogen and oxygen atoms in total. The second kappa shape index (κ2) is 16.5. The van der Waals surface area contributed by atoms with Gasteiger partial charge in [0.05, 0.1) is 0 Å². The molecule has 0 unspecified atom stereocenters. The SMILES string of the molecule is CCCCCCCCCCCCNCc1ccccc1.[NaH]. The van der Waals surface area contributed by atoms with E-state index in [9.17, 15) is 0 Å². The van der Waals surface area contributed by atoms with E-state index in [2.05, 4.69) is 42.6 Å². The van der Waals surface area contributed by atoms with Gasteiger partial charge in [-0.1, -0.05) is 95.0 Å². The summed E-state index contributed by atoms with van der Waals surface area (Å²) in [5.41, 5.74) is 1.39. The van der Waals surface area contributed by atoms with Crippen LogP contribution in [-0.2, 0) is 6.54 Å². The first-order chi connectivity index (χ1) is 9.93. The van der Waals surface area contributed by atoms with Crippen molar-refractivity contribution >= 4 is 29.6 Å². The van der Waals surface area contributed by atoms with E-state index in [1.807, 2.05) is 0 Å². The summed E-state index contributed by atoms with van der Waals surface area (Å²) in [6.45, 7) is 4.45. The van der Waals surface area contributed by atoms with Crippen LogP contribution in [0.25, 0.3) is 0 Å². The van der Waals surface area contributed by atoms with E-state index in [0.29, 0.717) is 0 Å². The van der Waals surface area contributed by atoms with E-state index >= 15 is 0 Å². The van der Waals surface area contributed by atoms with Crippen LogP contribution in [0.5, 0.6) is 0 Å². The van der Waals surface area contributed by atoms with Gasteiger partial charge < -0.3 is 5.32 Å². The third-order valence-corrected chi connectivity index (χ3v) is 3.88. The molecule has 1 aromatic carbocycles. The number of hydrogen-bond acceptors (Lipinski definition) is 1. The van der Waals surface area contributed by atoms with Gasteiger partial charge in [0.1, 0.15) is 0 Å². The Bertz CT molecular complexity index is 300. The Morgan fingerprint density at radius 3 is 1.81 bits per heavy atom. The second-order valence-electron chi connectivity index (χ2n) is 5.84. The molecule has 0 aliphatic heterocycles. The molecule has 21 heavy (non-hydrogen) atoms. The van der Waals surface area contributed by atoms with Crippen LogP contribution in [-0.4, -0.2) is 36.1 Å². The molecule has 0 radical (unpaired) electrons. The van der Waals surface area contributed by atoms with Crippen molar-refractivity contribution < 1.29 is 0 Å². The summed E-state index contributed by atoms with van der Waals surface area (Å²) in [4.78, 5) is 0. The topological polar surface area (TPSA) is 12.0 Å². The van der Waals surface area contributed by atoms with Crippen molar-refractivity contribution in [3.05, 3.63) is 35.9 Å². The molecule has 0 saturated heterocycles. The van der Waals surface area contributed by atoms with Crippen LogP contribution in [0.1, 0.15) is 76.7 Å². The van der Waals surface area contributed by atoms with Crippen molar-refractivity contribution in [1.82, 2.24) is 5.32 Å². The molecule has 0 atom stereocenters. The van der Waals surface area contributed by atoms with E-state index in [1.54, 1.807) is 0 Å². The fraction of sp³-hybridized carbons (Fsp3) is 0.684. The molecule has 1 rings (SSSR count). The number of unbranched alkanes of at least 4 members (excludes halogenated alkanes) is 9. The Morgan fingerprint density at radius 2 is 1.24 bits per heavy atom. The number of hydrogen-bond donors (Lipinski definition) is 1. The third kappa shape index (κ3) is 13.6. The summed E-state index contributed by atoms with van der Waals surface area (Å²) in [7, 11) is 0. The minimum absolute atomic E-state index is 0. The minimum atomic E-state index is 0. The zero-order valence-corrected chi connectivity index (χ0v) is 13.4. The van der Waals surface area contributed by atoms with Gasteiger partial charge >= 0.3 is 29.6 Å². The maximum absolute atomic E-state index is 3.53. The van der Waals surface area contributed by atoms with Gasteiger partial charge in [-0.3, -0.25) is 0 Å². The fourth-order valence-electron chi connectivity index (χ4n) is 2.57. The molecule has 1 aromatic rings. The molecule has 0 spiro atoms. The predicted molar refractivity (Wildman–Crippen MR) is 97.1 cm³/mol. The van der Waals surface area contributed by atoms with Crippen molar-refractivity contribution in [2.75, 3.05) is 6.54 Å². The van der Waals surface area contributed by atoms with Gasteiger partial charge in [0.25, 0.3) is 0 Å². The Morgan fingerprint density at radius 1 is 0.714 bits per heavy atom. The predicted octanol–water partition coefficient (Wildman–Crippen LogP) is 5.05. The van der Waals surface area contributed by atoms with Crippen molar-refractivity contribution in [3.8, 4) is 0 Å². The van der Waals surface area contributed by atoms with Crippen LogP contribution in [0.3, 0.4) is 0 Å². The number of benzene rings is 1. The van der Waals surface area contributed by atoms with Crippen LogP contribution < -0.4 is 5.32 Å². The van der Waals surface area contributed by atoms with Crippen molar-refractivity contribution in [3.63, 3.8) is 0 Å². The Kier molecular flexibility index (Phi) is 16.7. The fourth-order valence-corrected chi connectivity index (χ4v) is 2.57. The van der Waals surface area contributed by atoms with E-state index in [0.717, 1.165) is 13.1 Å². The van der Waals surface area contributed by atoms with Crippen LogP contribution in [0.2, 0.25) is 0 Å². The number of nitrogens with one attached hydrogen (secondary N) is 1. The molecule has 1 N–H and O–H groups in total. The summed E-state index contributed by atoms with van der Waals surface area (Å²) in [5.74, 6) is 0. The summed E-state index contributed by atoms with van der Waals surface area (Å²) < 4.78 is 0. The Balaban J connectivity index is 0.00000400. The number of rotatable bonds is 13. The quantitative estimate of drug-likeness (QED) is 0.397. The monoisotopic (exact) mass is 299 g/mol. The molecule has 2 heteroatoms. The van der Waals surface area contributed by atoms with Crippen LogP contribution >= 0.6 is 0 Å². The van der Waals surface area contributed by atoms with E-state index in [-0.39, 0.29) is 29.6 Å². The van der Waals surface area contributed by atoms with E-state index in [4.69, 9.17) is 0 Å². The van der Waals surface area contributed by atoms with Crippen LogP contribution in [0.15, 0.2) is 30.3 Å². The molecular weight excluding hydrogens is 265 g/mol. The van der Waals surface area contributed by atoms with Crippen molar-refractivity contribution in [2.24, 2.45) is 0 Å². The molecule has 0 aliphatic carbocycles. The van der Waals surface area contributed by atoms with E-state index < -0.39 is 0 Å². The van der Waals surface area contributed by atoms with Gasteiger partial charge in [-0.2, -0.15) is 0 Å². The Hall–Kier alpha value is 0.180. The molecule has 0 fully saturated rings. The van der Waals surface area contributed by atoms with Gasteiger partial charge in [0.2, 0.25) is 0 Å². The zero-order chi connectivity index (χ0) is 14.3. The molecular formula is C19H34NNa. The normalized spacial score (nSPS) is 10.3. The molecule has 0 aromatic heterocycles. The summed E-state index contributed by atoms with van der Waals surface area (Å²) >= 11 is 0. The standard InChI is InChI=1S/C19H33N.Na.H/c1-2-3-4-5-6-7-8-9-10-14-17-20-18-19-15-12-11-13-16-19;;/h11-13,15-16,20H,2-10,14,17-18H2,1H3;;. The van der Waals surface area contributed by atoms with Gasteiger partial charge in [-0.05, 0) is 18.5 Å². The molecule has 0 bridgehead atoms. The van der Waals surface area contributed by atoms with Gasteiger partial charge in [0, 0.05) is 6.54 Å². The van der Waals surface area contributed by atoms with Crippen LogP contribution in [0.4, 0.5) is 0 Å². The molecule has 0 aliphatic rings. The second-order valence-corrected chi connectivity index (χ2v) is 5.84. The van der Waals surface area contributed by atoms with Crippen molar-refractivity contribution in [1.29, 1.82) is 0 Å². The molecule has 0 amide bonds. The average Bonchev–Trinajstić information content (AvgIpc) is 2.49. The van der Waals surface area contributed by atoms with Gasteiger partial charge in [0.15, 0.2) is 0 Å². The molecule has 0 saturated carbocycles. The van der Waals surface area contributed by atoms with E-state index in [1.165, 1.54) is 69.8 Å². The summed E-state index contributed by atoms with van der Waals surface area (Å²) in [6.07, 6.45) is 14.1. The van der Waals surface area contributed by atoms with Gasteiger partial charge in [-0.25, -0.2) is 0 Å². The van der Waals surface area contributed by atoms with Crippen LogP contribution in [0, 0.1) is 0 Å². The average molecular weight is 299 g/mol. The van der Waals surface area contributed by atoms with Gasteiger partial charge in [-0.15, -0.1) is 0 Å². The molecule has 116 valence electrons. The first-order valence-electron chi connectivity index (χ1n) is 8.68. The first kappa shape index (κ1) is 21.2. The molecule has 0 heterocycles. The maximum atomic E-state index is 3.53. The zero-order valence-electron chi connectivity index (χ0n) is 13.4.